The Hall–Kier alpha value is -2.89. The van der Waals surface area contributed by atoms with Gasteiger partial charge in [-0.25, -0.2) is 4.79 Å². The minimum Gasteiger partial charge on any atom is -0.462 e. The lowest BCUT2D eigenvalue weighted by atomic mass is 10.1. The van der Waals surface area contributed by atoms with Gasteiger partial charge in [0, 0.05) is 11.8 Å². The van der Waals surface area contributed by atoms with Crippen molar-refractivity contribution in [3.63, 3.8) is 0 Å². The zero-order valence-electron chi connectivity index (χ0n) is 11.3. The third-order valence-corrected chi connectivity index (χ3v) is 3.05. The number of aromatic amines is 1. The summed E-state index contributed by atoms with van der Waals surface area (Å²) in [6, 6.07) is 9.15. The molecule has 6 heteroatoms. The summed E-state index contributed by atoms with van der Waals surface area (Å²) >= 11 is 0. The molecule has 0 saturated carbocycles. The van der Waals surface area contributed by atoms with Gasteiger partial charge in [-0.1, -0.05) is 35.5 Å². The molecule has 1 aromatic carbocycles. The Kier molecular flexibility index (Phi) is 3.27. The van der Waals surface area contributed by atoms with Crippen LogP contribution < -0.4 is 5.43 Å². The number of carbonyl (C=O) groups excluding carboxylic acids is 1. The van der Waals surface area contributed by atoms with Gasteiger partial charge in [0.2, 0.25) is 11.1 Å². The smallest absolute Gasteiger partial charge is 0.343 e. The van der Waals surface area contributed by atoms with Gasteiger partial charge in [0.05, 0.1) is 6.61 Å². The fourth-order valence-electron chi connectivity index (χ4n) is 2.09. The molecule has 0 aliphatic rings. The van der Waals surface area contributed by atoms with E-state index in [2.05, 4.69) is 10.1 Å². The molecule has 0 amide bonds. The first-order chi connectivity index (χ1) is 10.2. The monoisotopic (exact) mass is 284 g/mol. The number of carbonyl (C=O) groups is 1. The summed E-state index contributed by atoms with van der Waals surface area (Å²) in [5, 5.41) is 4.16. The van der Waals surface area contributed by atoms with Gasteiger partial charge in [0.1, 0.15) is 16.6 Å². The van der Waals surface area contributed by atoms with E-state index in [1.54, 1.807) is 6.92 Å². The van der Waals surface area contributed by atoms with Crippen LogP contribution >= 0.6 is 0 Å². The Morgan fingerprint density at radius 2 is 2.10 bits per heavy atom. The molecule has 0 atom stereocenters. The fraction of sp³-hybridized carbons (Fsp3) is 0.133. The SMILES string of the molecule is CCOC(=O)c1c[nH]c2onc(-c3ccccc3)c2c1=O. The van der Waals surface area contributed by atoms with E-state index in [1.165, 1.54) is 6.20 Å². The van der Waals surface area contributed by atoms with Crippen molar-refractivity contribution in [3.8, 4) is 11.3 Å². The lowest BCUT2D eigenvalue weighted by Gasteiger charge is -2.01. The summed E-state index contributed by atoms with van der Waals surface area (Å²) in [5.41, 5.74) is 0.847. The van der Waals surface area contributed by atoms with E-state index >= 15 is 0 Å². The number of ether oxygens (including phenoxy) is 1. The Bertz CT molecular complexity index is 849. The van der Waals surface area contributed by atoms with E-state index in [9.17, 15) is 9.59 Å². The summed E-state index contributed by atoms with van der Waals surface area (Å²) in [4.78, 5) is 27.0. The first kappa shape index (κ1) is 13.1. The first-order valence-electron chi connectivity index (χ1n) is 6.46. The van der Waals surface area contributed by atoms with Crippen LogP contribution in [0.1, 0.15) is 17.3 Å². The van der Waals surface area contributed by atoms with Crippen molar-refractivity contribution in [3.05, 3.63) is 52.3 Å². The molecule has 0 bridgehead atoms. The number of hydrogen-bond donors (Lipinski definition) is 1. The van der Waals surface area contributed by atoms with Gasteiger partial charge >= 0.3 is 5.97 Å². The van der Waals surface area contributed by atoms with Gasteiger partial charge in [-0.3, -0.25) is 4.79 Å². The maximum Gasteiger partial charge on any atom is 0.343 e. The molecule has 2 aromatic heterocycles. The maximum absolute atomic E-state index is 12.5. The summed E-state index contributed by atoms with van der Waals surface area (Å²) < 4.78 is 9.99. The molecule has 3 aromatic rings. The summed E-state index contributed by atoms with van der Waals surface area (Å²) in [5.74, 6) is -0.666. The van der Waals surface area contributed by atoms with Gasteiger partial charge in [0.25, 0.3) is 0 Å². The highest BCUT2D eigenvalue weighted by Crippen LogP contribution is 2.24. The number of fused-ring (bicyclic) bond motifs is 1. The van der Waals surface area contributed by atoms with Crippen LogP contribution in [0.25, 0.3) is 22.4 Å². The molecule has 3 rings (SSSR count). The number of rotatable bonds is 3. The van der Waals surface area contributed by atoms with E-state index in [1.807, 2.05) is 30.3 Å². The van der Waals surface area contributed by atoms with Gasteiger partial charge in [-0.05, 0) is 6.92 Å². The predicted octanol–water partition coefficient (Wildman–Crippen LogP) is 2.36. The molecule has 2 heterocycles. The minimum atomic E-state index is -0.666. The molecule has 21 heavy (non-hydrogen) atoms. The second-order valence-electron chi connectivity index (χ2n) is 4.35. The van der Waals surface area contributed by atoms with E-state index in [4.69, 9.17) is 9.26 Å². The highest BCUT2D eigenvalue weighted by atomic mass is 16.5. The number of H-pyrrole nitrogens is 1. The number of hydrogen-bond acceptors (Lipinski definition) is 5. The fourth-order valence-corrected chi connectivity index (χ4v) is 2.09. The Morgan fingerprint density at radius 3 is 2.81 bits per heavy atom. The topological polar surface area (TPSA) is 85.2 Å². The van der Waals surface area contributed by atoms with Crippen LogP contribution in [-0.4, -0.2) is 22.7 Å². The molecule has 0 aliphatic heterocycles. The normalized spacial score (nSPS) is 10.7. The highest BCUT2D eigenvalue weighted by molar-refractivity contribution is 5.96. The lowest BCUT2D eigenvalue weighted by Crippen LogP contribution is -2.18. The standard InChI is InChI=1S/C15H12N2O4/c1-2-20-15(19)10-8-16-14-11(13(10)18)12(17-21-14)9-6-4-3-5-7-9/h3-8H,2H2,1H3,(H,16,18). The van der Waals surface area contributed by atoms with Gasteiger partial charge in [-0.15, -0.1) is 0 Å². The van der Waals surface area contributed by atoms with Crippen molar-refractivity contribution >= 4 is 17.1 Å². The lowest BCUT2D eigenvalue weighted by molar-refractivity contribution is 0.0524. The van der Waals surface area contributed by atoms with Crippen molar-refractivity contribution in [2.45, 2.75) is 6.92 Å². The van der Waals surface area contributed by atoms with Crippen molar-refractivity contribution < 1.29 is 14.1 Å². The zero-order valence-corrected chi connectivity index (χ0v) is 11.3. The molecule has 0 fully saturated rings. The number of nitrogens with one attached hydrogen (secondary N) is 1. The van der Waals surface area contributed by atoms with Gasteiger partial charge in [-0.2, -0.15) is 0 Å². The average Bonchev–Trinajstić information content (AvgIpc) is 2.93. The van der Waals surface area contributed by atoms with Crippen molar-refractivity contribution in [2.24, 2.45) is 0 Å². The van der Waals surface area contributed by atoms with E-state index < -0.39 is 11.4 Å². The largest absolute Gasteiger partial charge is 0.462 e. The van der Waals surface area contributed by atoms with Crippen LogP contribution in [0.2, 0.25) is 0 Å². The van der Waals surface area contributed by atoms with Crippen LogP contribution in [0.4, 0.5) is 0 Å². The van der Waals surface area contributed by atoms with E-state index in [0.29, 0.717) is 5.69 Å². The molecule has 106 valence electrons. The third-order valence-electron chi connectivity index (χ3n) is 3.05. The van der Waals surface area contributed by atoms with Gasteiger partial charge < -0.3 is 14.2 Å². The van der Waals surface area contributed by atoms with Crippen LogP contribution in [0.3, 0.4) is 0 Å². The van der Waals surface area contributed by atoms with Crippen molar-refractivity contribution in [1.82, 2.24) is 10.1 Å². The van der Waals surface area contributed by atoms with Crippen molar-refractivity contribution in [1.29, 1.82) is 0 Å². The van der Waals surface area contributed by atoms with Crippen LogP contribution in [0.5, 0.6) is 0 Å². The third kappa shape index (κ3) is 2.20. The number of pyridine rings is 1. The molecule has 1 N–H and O–H groups in total. The quantitative estimate of drug-likeness (QED) is 0.746. The van der Waals surface area contributed by atoms with E-state index in [-0.39, 0.29) is 23.3 Å². The first-order valence-corrected chi connectivity index (χ1v) is 6.46. The second kappa shape index (κ2) is 5.24. The number of benzene rings is 1. The zero-order chi connectivity index (χ0) is 14.8. The molecule has 0 saturated heterocycles. The Labute approximate surface area is 119 Å². The number of nitrogens with zero attached hydrogens (tertiary/aromatic N) is 1. The summed E-state index contributed by atoms with van der Waals surface area (Å²) in [6.07, 6.45) is 1.28. The highest BCUT2D eigenvalue weighted by Gasteiger charge is 2.20. The number of aromatic nitrogens is 2. The molecule has 6 nitrogen and oxygen atoms in total. The predicted molar refractivity (Wildman–Crippen MR) is 76.0 cm³/mol. The maximum atomic E-state index is 12.5. The minimum absolute atomic E-state index is 0.0651. The van der Waals surface area contributed by atoms with Gasteiger partial charge in [0.15, 0.2) is 0 Å². The average molecular weight is 284 g/mol. The second-order valence-corrected chi connectivity index (χ2v) is 4.35. The Morgan fingerprint density at radius 1 is 1.33 bits per heavy atom. The number of esters is 1. The van der Waals surface area contributed by atoms with Crippen LogP contribution in [0, 0.1) is 0 Å². The molecular formula is C15H12N2O4. The summed E-state index contributed by atoms with van der Waals surface area (Å²) in [6.45, 7) is 1.88. The molecular weight excluding hydrogens is 272 g/mol. The molecule has 0 unspecified atom stereocenters. The van der Waals surface area contributed by atoms with E-state index in [0.717, 1.165) is 5.56 Å². The van der Waals surface area contributed by atoms with Crippen LogP contribution in [-0.2, 0) is 4.74 Å². The Balaban J connectivity index is 2.23. The summed E-state index contributed by atoms with van der Waals surface area (Å²) in [7, 11) is 0. The van der Waals surface area contributed by atoms with Crippen molar-refractivity contribution in [2.75, 3.05) is 6.61 Å². The molecule has 0 aliphatic carbocycles. The molecule has 0 spiro atoms. The van der Waals surface area contributed by atoms with Crippen LogP contribution in [0.15, 0.2) is 45.8 Å². The molecule has 0 radical (unpaired) electrons.